The van der Waals surface area contributed by atoms with Crippen molar-refractivity contribution in [3.8, 4) is 0 Å². The first-order valence-corrected chi connectivity index (χ1v) is 33.7. The molecule has 0 aliphatic heterocycles. The van der Waals surface area contributed by atoms with Crippen LogP contribution >= 0.6 is 7.82 Å². The van der Waals surface area contributed by atoms with Crippen molar-refractivity contribution in [1.29, 1.82) is 0 Å². The smallest absolute Gasteiger partial charge is 0.306 e. The van der Waals surface area contributed by atoms with Gasteiger partial charge >= 0.3 is 11.9 Å². The molecule has 0 N–H and O–H groups in total. The fourth-order valence-electron chi connectivity index (χ4n) is 8.17. The van der Waals surface area contributed by atoms with Crippen molar-refractivity contribution in [1.82, 2.24) is 0 Å². The van der Waals surface area contributed by atoms with Gasteiger partial charge in [-0.15, -0.1) is 0 Å². The van der Waals surface area contributed by atoms with Gasteiger partial charge in [0.1, 0.15) is 19.8 Å². The molecule has 82 heavy (non-hydrogen) atoms. The highest BCUT2D eigenvalue weighted by Gasteiger charge is 2.22. The summed E-state index contributed by atoms with van der Waals surface area (Å²) in [4.78, 5) is 38.0. The summed E-state index contributed by atoms with van der Waals surface area (Å²) in [6, 6.07) is 0. The maximum atomic E-state index is 12.8. The van der Waals surface area contributed by atoms with E-state index in [0.29, 0.717) is 17.4 Å². The number of esters is 2. The Morgan fingerprint density at radius 3 is 0.988 bits per heavy atom. The zero-order valence-electron chi connectivity index (χ0n) is 52.6. The summed E-state index contributed by atoms with van der Waals surface area (Å²) in [5, 5.41) is 0. The molecule has 0 amide bonds. The number of hydrogen-bond donors (Lipinski definition) is 0. The lowest BCUT2D eigenvalue weighted by molar-refractivity contribution is -0.870. The number of allylic oxidation sites excluding steroid dienone is 26. The standard InChI is InChI=1S/C72H118NO8P/c1-6-8-10-12-14-16-18-20-22-24-26-28-30-32-34-35-36-37-39-41-43-45-47-49-51-53-55-57-59-61-63-65-72(75)81-70(69-80-82(76,77)79-67-66-73(3,4)5)68-78-71(74)64-62-60-58-56-54-52-50-48-46-44-42-40-38-33-31-29-27-25-23-21-19-17-15-13-11-9-7-2/h8-11,14-17,20-23,26-29,32,34,36-37,41,43,47,49,53,55,70H,6-7,12-13,18-19,24-25,30-31,33,35,38-40,42,44-46,48,50-52,54,56-69H2,1-5H3/b10-8-,11-9-,16-14-,17-15-,22-20-,23-21-,28-26-,29-27-,34-32-,37-36-,43-41-,49-47-,55-53-. The molecule has 0 fully saturated rings. The van der Waals surface area contributed by atoms with Gasteiger partial charge < -0.3 is 27.9 Å². The highest BCUT2D eigenvalue weighted by molar-refractivity contribution is 7.45. The largest absolute Gasteiger partial charge is 0.756 e. The predicted molar refractivity (Wildman–Crippen MR) is 350 cm³/mol. The van der Waals surface area contributed by atoms with Crippen LogP contribution in [0.25, 0.3) is 0 Å². The van der Waals surface area contributed by atoms with E-state index in [9.17, 15) is 19.0 Å². The number of phosphoric ester groups is 1. The first kappa shape index (κ1) is 77.6. The minimum Gasteiger partial charge on any atom is -0.756 e. The average Bonchev–Trinajstić information content (AvgIpc) is 3.46. The molecule has 0 aromatic heterocycles. The van der Waals surface area contributed by atoms with Crippen LogP contribution in [0.3, 0.4) is 0 Å². The summed E-state index contributed by atoms with van der Waals surface area (Å²) in [7, 11) is 1.12. The molecule has 0 aromatic carbocycles. The van der Waals surface area contributed by atoms with Crippen LogP contribution in [0.5, 0.6) is 0 Å². The zero-order chi connectivity index (χ0) is 59.8. The maximum absolute atomic E-state index is 12.8. The summed E-state index contributed by atoms with van der Waals surface area (Å²) >= 11 is 0. The van der Waals surface area contributed by atoms with E-state index in [-0.39, 0.29) is 26.1 Å². The molecule has 2 atom stereocenters. The molecule has 2 unspecified atom stereocenters. The number of hydrogen-bond acceptors (Lipinski definition) is 8. The van der Waals surface area contributed by atoms with Gasteiger partial charge in [0, 0.05) is 12.8 Å². The highest BCUT2D eigenvalue weighted by Crippen LogP contribution is 2.38. The average molecular weight is 1160 g/mol. The van der Waals surface area contributed by atoms with E-state index < -0.39 is 32.5 Å². The van der Waals surface area contributed by atoms with Gasteiger partial charge in [-0.3, -0.25) is 14.2 Å². The SMILES string of the molecule is CC/C=C\C/C=C\C/C=C\C/C=C\C/C=C\C/C=C\C/C=C\C/C=C\C/C=C\CCCCCC(=O)OC(COC(=O)CCCCCCCCCCCCCCCC/C=C\C/C=C\C/C=C\C/C=C\CC)COP(=O)([O-])OCC[N+](C)(C)C. The number of unbranched alkanes of at least 4 members (excludes halogenated alkanes) is 17. The van der Waals surface area contributed by atoms with E-state index in [0.717, 1.165) is 128 Å². The van der Waals surface area contributed by atoms with Gasteiger partial charge in [-0.05, 0) is 122 Å². The Hall–Kier alpha value is -4.37. The Morgan fingerprint density at radius 1 is 0.378 bits per heavy atom. The quantitative estimate of drug-likeness (QED) is 0.0195. The van der Waals surface area contributed by atoms with E-state index in [1.807, 2.05) is 21.1 Å². The molecule has 0 rings (SSSR count). The molecular weight excluding hydrogens is 1040 g/mol. The minimum absolute atomic E-state index is 0.0463. The van der Waals surface area contributed by atoms with Gasteiger partial charge in [0.25, 0.3) is 7.82 Å². The lowest BCUT2D eigenvalue weighted by atomic mass is 10.0. The third kappa shape index (κ3) is 64.8. The van der Waals surface area contributed by atoms with E-state index in [1.54, 1.807) is 0 Å². The van der Waals surface area contributed by atoms with Gasteiger partial charge in [-0.2, -0.15) is 0 Å². The van der Waals surface area contributed by atoms with Crippen molar-refractivity contribution in [3.05, 3.63) is 158 Å². The Balaban J connectivity index is 4.23. The summed E-state index contributed by atoms with van der Waals surface area (Å²) in [6.07, 6.45) is 91.6. The maximum Gasteiger partial charge on any atom is 0.306 e. The number of phosphoric acid groups is 1. The van der Waals surface area contributed by atoms with Crippen molar-refractivity contribution in [2.75, 3.05) is 47.5 Å². The van der Waals surface area contributed by atoms with E-state index in [1.165, 1.54) is 70.6 Å². The Labute approximate surface area is 503 Å². The first-order chi connectivity index (χ1) is 40.0. The summed E-state index contributed by atoms with van der Waals surface area (Å²) in [5.41, 5.74) is 0. The van der Waals surface area contributed by atoms with Crippen LogP contribution in [0.15, 0.2) is 158 Å². The van der Waals surface area contributed by atoms with Crippen LogP contribution in [-0.4, -0.2) is 70.0 Å². The molecule has 0 saturated heterocycles. The molecule has 0 aliphatic rings. The molecule has 9 nitrogen and oxygen atoms in total. The number of nitrogens with zero attached hydrogens (tertiary/aromatic N) is 1. The molecule has 0 aromatic rings. The Kier molecular flexibility index (Phi) is 57.9. The third-order valence-electron chi connectivity index (χ3n) is 13.0. The van der Waals surface area contributed by atoms with Gasteiger partial charge in [-0.25, -0.2) is 0 Å². The number of rotatable bonds is 57. The van der Waals surface area contributed by atoms with Crippen LogP contribution in [0.2, 0.25) is 0 Å². The number of carbonyl (C=O) groups is 2. The van der Waals surface area contributed by atoms with Crippen molar-refractivity contribution in [2.45, 2.75) is 238 Å². The van der Waals surface area contributed by atoms with Crippen LogP contribution in [0.4, 0.5) is 0 Å². The lowest BCUT2D eigenvalue weighted by Gasteiger charge is -2.28. The summed E-state index contributed by atoms with van der Waals surface area (Å²) in [5.74, 6) is -0.882. The zero-order valence-corrected chi connectivity index (χ0v) is 53.5. The Bertz CT molecular complexity index is 1940. The normalized spacial score (nSPS) is 14.3. The van der Waals surface area contributed by atoms with Crippen molar-refractivity contribution < 1.29 is 42.1 Å². The first-order valence-electron chi connectivity index (χ1n) is 32.2. The van der Waals surface area contributed by atoms with Crippen LogP contribution in [-0.2, 0) is 32.7 Å². The molecule has 10 heteroatoms. The second-order valence-electron chi connectivity index (χ2n) is 22.0. The molecule has 0 heterocycles. The molecule has 0 aliphatic carbocycles. The molecule has 464 valence electrons. The third-order valence-corrected chi connectivity index (χ3v) is 14.0. The highest BCUT2D eigenvalue weighted by atomic mass is 31.2. The van der Waals surface area contributed by atoms with E-state index in [4.69, 9.17) is 18.5 Å². The van der Waals surface area contributed by atoms with E-state index >= 15 is 0 Å². The van der Waals surface area contributed by atoms with E-state index in [2.05, 4.69) is 172 Å². The summed E-state index contributed by atoms with van der Waals surface area (Å²) in [6.45, 7) is 3.96. The van der Waals surface area contributed by atoms with Crippen molar-refractivity contribution in [3.63, 3.8) is 0 Å². The second-order valence-corrected chi connectivity index (χ2v) is 23.4. The second kappa shape index (κ2) is 61.2. The summed E-state index contributed by atoms with van der Waals surface area (Å²) < 4.78 is 34.2. The van der Waals surface area contributed by atoms with Crippen LogP contribution in [0, 0.1) is 0 Å². The number of carbonyl (C=O) groups excluding carboxylic acids is 2. The Morgan fingerprint density at radius 2 is 0.659 bits per heavy atom. The minimum atomic E-state index is -4.66. The molecule has 0 bridgehead atoms. The lowest BCUT2D eigenvalue weighted by Crippen LogP contribution is -2.37. The monoisotopic (exact) mass is 1160 g/mol. The van der Waals surface area contributed by atoms with Crippen LogP contribution in [0.1, 0.15) is 232 Å². The van der Waals surface area contributed by atoms with Gasteiger partial charge in [0.05, 0.1) is 27.7 Å². The number of ether oxygens (including phenoxy) is 2. The molecule has 0 spiro atoms. The molecular formula is C72H118NO8P. The topological polar surface area (TPSA) is 111 Å². The number of quaternary nitrogens is 1. The predicted octanol–water partition coefficient (Wildman–Crippen LogP) is 20.2. The fourth-order valence-corrected chi connectivity index (χ4v) is 8.90. The molecule has 0 radical (unpaired) electrons. The molecule has 0 saturated carbocycles. The van der Waals surface area contributed by atoms with Gasteiger partial charge in [-0.1, -0.05) is 255 Å². The van der Waals surface area contributed by atoms with Gasteiger partial charge in [0.2, 0.25) is 0 Å². The van der Waals surface area contributed by atoms with Crippen molar-refractivity contribution >= 4 is 19.8 Å². The fraction of sp³-hybridized carbons (Fsp3) is 0.611. The van der Waals surface area contributed by atoms with Crippen LogP contribution < -0.4 is 4.89 Å². The number of likely N-dealkylation sites (N-methyl/N-ethyl adjacent to an activating group) is 1. The van der Waals surface area contributed by atoms with Gasteiger partial charge in [0.15, 0.2) is 6.10 Å². The van der Waals surface area contributed by atoms with Crippen molar-refractivity contribution in [2.24, 2.45) is 0 Å².